The largest absolute Gasteiger partial charge is 0.472 e. The van der Waals surface area contributed by atoms with E-state index in [1.807, 2.05) is 12.3 Å². The summed E-state index contributed by atoms with van der Waals surface area (Å²) in [5, 5.41) is 13.4. The maximum absolute atomic E-state index is 12.2. The third kappa shape index (κ3) is 5.40. The van der Waals surface area contributed by atoms with Crippen LogP contribution >= 0.6 is 12.4 Å². The van der Waals surface area contributed by atoms with Crippen molar-refractivity contribution in [3.05, 3.63) is 35.3 Å². The lowest BCUT2D eigenvalue weighted by molar-refractivity contribution is 0.0945. The van der Waals surface area contributed by atoms with Crippen molar-refractivity contribution >= 4 is 18.3 Å². The van der Waals surface area contributed by atoms with Crippen LogP contribution in [0.25, 0.3) is 0 Å². The Morgan fingerprint density at radius 2 is 2.32 bits per heavy atom. The molecule has 0 spiro atoms. The van der Waals surface area contributed by atoms with Crippen LogP contribution in [0.5, 0.6) is 5.88 Å². The van der Waals surface area contributed by atoms with Gasteiger partial charge in [-0.2, -0.15) is 0 Å². The van der Waals surface area contributed by atoms with E-state index in [0.717, 1.165) is 25.1 Å². The number of carbonyl (C=O) groups excluding carboxylic acids is 1. The average Bonchev–Trinajstić information content (AvgIpc) is 3.24. The lowest BCUT2D eigenvalue weighted by Gasteiger charge is -2.10. The van der Waals surface area contributed by atoms with Gasteiger partial charge in [0.1, 0.15) is 12.3 Å². The van der Waals surface area contributed by atoms with Gasteiger partial charge in [0.2, 0.25) is 0 Å². The fraction of sp³-hybridized carbons (Fsp3) is 0.500. The SMILES string of the molecule is Cc1nonc1OCCNC(=O)c1cncc(CC2CCNC2)c1.Cl. The second-order valence-electron chi connectivity index (χ2n) is 5.90. The Kier molecular flexibility index (Phi) is 7.15. The minimum absolute atomic E-state index is 0. The number of hydrogen-bond donors (Lipinski definition) is 2. The van der Waals surface area contributed by atoms with Gasteiger partial charge in [-0.3, -0.25) is 9.78 Å². The van der Waals surface area contributed by atoms with Crippen molar-refractivity contribution in [2.24, 2.45) is 5.92 Å². The first-order valence-electron chi connectivity index (χ1n) is 8.07. The number of ether oxygens (including phenoxy) is 1. The number of nitrogens with zero attached hydrogens (tertiary/aromatic N) is 3. The summed E-state index contributed by atoms with van der Waals surface area (Å²) in [5.41, 5.74) is 2.24. The first-order chi connectivity index (χ1) is 11.7. The number of halogens is 1. The number of pyridine rings is 1. The maximum Gasteiger partial charge on any atom is 0.278 e. The van der Waals surface area contributed by atoms with Crippen LogP contribution in [0.3, 0.4) is 0 Å². The monoisotopic (exact) mass is 367 g/mol. The molecule has 0 radical (unpaired) electrons. The summed E-state index contributed by atoms with van der Waals surface area (Å²) in [6.07, 6.45) is 5.53. The van der Waals surface area contributed by atoms with Crippen LogP contribution in [-0.4, -0.2) is 47.4 Å². The zero-order chi connectivity index (χ0) is 16.8. The van der Waals surface area contributed by atoms with E-state index < -0.39 is 0 Å². The molecular weight excluding hydrogens is 346 g/mol. The van der Waals surface area contributed by atoms with E-state index in [1.165, 1.54) is 6.42 Å². The Labute approximate surface area is 152 Å². The molecule has 0 aliphatic carbocycles. The average molecular weight is 368 g/mol. The van der Waals surface area contributed by atoms with Gasteiger partial charge in [-0.25, -0.2) is 4.63 Å². The Hall–Kier alpha value is -2.19. The predicted octanol–water partition coefficient (Wildman–Crippen LogP) is 1.16. The molecule has 25 heavy (non-hydrogen) atoms. The number of rotatable bonds is 7. The highest BCUT2D eigenvalue weighted by molar-refractivity contribution is 5.94. The van der Waals surface area contributed by atoms with Crippen molar-refractivity contribution in [2.75, 3.05) is 26.2 Å². The summed E-state index contributed by atoms with van der Waals surface area (Å²) in [5.74, 6) is 0.809. The molecule has 1 unspecified atom stereocenters. The Morgan fingerprint density at radius 3 is 3.04 bits per heavy atom. The molecule has 1 aliphatic heterocycles. The van der Waals surface area contributed by atoms with E-state index >= 15 is 0 Å². The van der Waals surface area contributed by atoms with Gasteiger partial charge in [0.05, 0.1) is 12.1 Å². The molecule has 9 heteroatoms. The first-order valence-corrected chi connectivity index (χ1v) is 8.07. The molecule has 0 aromatic carbocycles. The predicted molar refractivity (Wildman–Crippen MR) is 93.0 cm³/mol. The minimum Gasteiger partial charge on any atom is -0.472 e. The summed E-state index contributed by atoms with van der Waals surface area (Å²) in [6, 6.07) is 1.91. The quantitative estimate of drug-likeness (QED) is 0.708. The molecule has 0 saturated carbocycles. The van der Waals surface area contributed by atoms with Gasteiger partial charge in [-0.15, -0.1) is 12.4 Å². The molecule has 1 atom stereocenters. The normalized spacial score (nSPS) is 16.3. The third-order valence-electron chi connectivity index (χ3n) is 3.98. The molecular formula is C16H22ClN5O3. The number of aryl methyl sites for hydroxylation is 1. The van der Waals surface area contributed by atoms with Crippen LogP contribution in [-0.2, 0) is 6.42 Å². The van der Waals surface area contributed by atoms with Crippen molar-refractivity contribution < 1.29 is 14.2 Å². The molecule has 2 aromatic heterocycles. The zero-order valence-electron chi connectivity index (χ0n) is 14.0. The highest BCUT2D eigenvalue weighted by atomic mass is 35.5. The number of nitrogens with one attached hydrogen (secondary N) is 2. The van der Waals surface area contributed by atoms with Crippen LogP contribution in [0, 0.1) is 12.8 Å². The minimum atomic E-state index is -0.160. The molecule has 3 heterocycles. The summed E-state index contributed by atoms with van der Waals surface area (Å²) in [6.45, 7) is 4.49. The lowest BCUT2D eigenvalue weighted by atomic mass is 9.99. The molecule has 3 rings (SSSR count). The smallest absolute Gasteiger partial charge is 0.278 e. The molecule has 1 saturated heterocycles. The number of aromatic nitrogens is 3. The van der Waals surface area contributed by atoms with Crippen molar-refractivity contribution in [3.8, 4) is 5.88 Å². The van der Waals surface area contributed by atoms with Crippen LogP contribution in [0.2, 0.25) is 0 Å². The fourth-order valence-electron chi connectivity index (χ4n) is 2.71. The molecule has 136 valence electrons. The van der Waals surface area contributed by atoms with Crippen LogP contribution in [0.1, 0.15) is 28.0 Å². The van der Waals surface area contributed by atoms with E-state index in [9.17, 15) is 4.79 Å². The lowest BCUT2D eigenvalue weighted by Crippen LogP contribution is -2.28. The van der Waals surface area contributed by atoms with Gasteiger partial charge in [-0.1, -0.05) is 5.16 Å². The highest BCUT2D eigenvalue weighted by Crippen LogP contribution is 2.15. The standard InChI is InChI=1S/C16H21N5O3.ClH/c1-11-16(21-24-20-11)23-5-4-19-15(22)14-7-13(9-18-10-14)6-12-2-3-17-8-12;/h7,9-10,12,17H,2-6,8H2,1H3,(H,19,22);1H. The molecule has 2 aromatic rings. The number of amides is 1. The summed E-state index contributed by atoms with van der Waals surface area (Å²) < 4.78 is 9.91. The Morgan fingerprint density at radius 1 is 1.44 bits per heavy atom. The van der Waals surface area contributed by atoms with Gasteiger partial charge in [0.25, 0.3) is 11.8 Å². The van der Waals surface area contributed by atoms with Gasteiger partial charge >= 0.3 is 0 Å². The molecule has 1 fully saturated rings. The van der Waals surface area contributed by atoms with Crippen LogP contribution in [0.15, 0.2) is 23.1 Å². The summed E-state index contributed by atoms with van der Waals surface area (Å²) in [4.78, 5) is 16.4. The highest BCUT2D eigenvalue weighted by Gasteiger charge is 2.16. The van der Waals surface area contributed by atoms with Crippen molar-refractivity contribution in [1.29, 1.82) is 0 Å². The van der Waals surface area contributed by atoms with Gasteiger partial charge in [0, 0.05) is 12.4 Å². The molecule has 0 bridgehead atoms. The Balaban J connectivity index is 0.00000225. The van der Waals surface area contributed by atoms with Crippen LogP contribution < -0.4 is 15.4 Å². The van der Waals surface area contributed by atoms with Crippen molar-refractivity contribution in [2.45, 2.75) is 19.8 Å². The van der Waals surface area contributed by atoms with E-state index in [-0.39, 0.29) is 18.3 Å². The third-order valence-corrected chi connectivity index (χ3v) is 3.98. The second-order valence-corrected chi connectivity index (χ2v) is 5.90. The maximum atomic E-state index is 12.2. The molecule has 1 amide bonds. The summed E-state index contributed by atoms with van der Waals surface area (Å²) in [7, 11) is 0. The number of hydrogen-bond acceptors (Lipinski definition) is 7. The fourth-order valence-corrected chi connectivity index (χ4v) is 2.71. The van der Waals surface area contributed by atoms with Gasteiger partial charge in [-0.05, 0) is 55.6 Å². The van der Waals surface area contributed by atoms with E-state index in [2.05, 4.69) is 30.6 Å². The second kappa shape index (κ2) is 9.33. The van der Waals surface area contributed by atoms with Gasteiger partial charge in [0.15, 0.2) is 0 Å². The molecule has 2 N–H and O–H groups in total. The molecule has 8 nitrogen and oxygen atoms in total. The Bertz CT molecular complexity index is 688. The zero-order valence-corrected chi connectivity index (χ0v) is 14.8. The molecule has 1 aliphatic rings. The van der Waals surface area contributed by atoms with Crippen molar-refractivity contribution in [3.63, 3.8) is 0 Å². The van der Waals surface area contributed by atoms with E-state index in [4.69, 9.17) is 4.74 Å². The topological polar surface area (TPSA) is 102 Å². The van der Waals surface area contributed by atoms with Gasteiger partial charge < -0.3 is 15.4 Å². The summed E-state index contributed by atoms with van der Waals surface area (Å²) >= 11 is 0. The van der Waals surface area contributed by atoms with E-state index in [1.54, 1.807) is 13.1 Å². The first kappa shape index (κ1) is 19.1. The van der Waals surface area contributed by atoms with Crippen molar-refractivity contribution in [1.82, 2.24) is 25.9 Å². The van der Waals surface area contributed by atoms with Crippen LogP contribution in [0.4, 0.5) is 0 Å². The van der Waals surface area contributed by atoms with E-state index in [0.29, 0.717) is 36.2 Å². The number of carbonyl (C=O) groups is 1.